The number of ether oxygens (including phenoxy) is 1. The Morgan fingerprint density at radius 2 is 2.15 bits per heavy atom. The molecule has 1 aliphatic heterocycles. The lowest BCUT2D eigenvalue weighted by Crippen LogP contribution is -2.50. The number of carbonyl (C=O) groups excluding carboxylic acids is 2. The fourth-order valence-corrected chi connectivity index (χ4v) is 2.08. The summed E-state index contributed by atoms with van der Waals surface area (Å²) < 4.78 is 5.21. The molecule has 20 heavy (non-hydrogen) atoms. The maximum Gasteiger partial charge on any atom is 0.246 e. The van der Waals surface area contributed by atoms with E-state index in [1.165, 1.54) is 4.90 Å². The van der Waals surface area contributed by atoms with Crippen LogP contribution in [-0.2, 0) is 9.59 Å². The zero-order valence-corrected chi connectivity index (χ0v) is 12.1. The molecule has 1 heterocycles. The van der Waals surface area contributed by atoms with Crippen molar-refractivity contribution in [3.63, 3.8) is 0 Å². The van der Waals surface area contributed by atoms with Crippen molar-refractivity contribution in [2.45, 2.75) is 13.0 Å². The van der Waals surface area contributed by atoms with Crippen LogP contribution >= 0.6 is 0 Å². The Labute approximate surface area is 118 Å². The Balaban J connectivity index is 2.39. The number of hydrogen-bond donors (Lipinski definition) is 1. The molecule has 0 aromatic heterocycles. The van der Waals surface area contributed by atoms with Crippen molar-refractivity contribution in [3.8, 4) is 5.75 Å². The van der Waals surface area contributed by atoms with Crippen LogP contribution in [-0.4, -0.2) is 50.5 Å². The number of nitrogens with zero attached hydrogens (tertiary/aromatic N) is 2. The first kappa shape index (κ1) is 14.2. The van der Waals surface area contributed by atoms with E-state index in [-0.39, 0.29) is 18.4 Å². The van der Waals surface area contributed by atoms with E-state index in [2.05, 4.69) is 5.32 Å². The summed E-state index contributed by atoms with van der Waals surface area (Å²) in [5.41, 5.74) is 1.49. The molecular formula is C14H19N3O3. The molecule has 2 rings (SSSR count). The smallest absolute Gasteiger partial charge is 0.246 e. The van der Waals surface area contributed by atoms with E-state index in [0.29, 0.717) is 11.4 Å². The predicted octanol–water partition coefficient (Wildman–Crippen LogP) is 0.930. The summed E-state index contributed by atoms with van der Waals surface area (Å²) in [6.45, 7) is 1.93. The summed E-state index contributed by atoms with van der Waals surface area (Å²) in [5.74, 6) is 0.518. The zero-order chi connectivity index (χ0) is 14.9. The van der Waals surface area contributed by atoms with Crippen molar-refractivity contribution < 1.29 is 14.3 Å². The van der Waals surface area contributed by atoms with Crippen LogP contribution in [0.15, 0.2) is 18.2 Å². The van der Waals surface area contributed by atoms with Gasteiger partial charge in [0, 0.05) is 20.2 Å². The van der Waals surface area contributed by atoms with Gasteiger partial charge in [-0.1, -0.05) is 0 Å². The van der Waals surface area contributed by atoms with Gasteiger partial charge in [0.25, 0.3) is 0 Å². The molecule has 1 atom stereocenters. The Morgan fingerprint density at radius 1 is 1.45 bits per heavy atom. The highest BCUT2D eigenvalue weighted by Gasteiger charge is 2.31. The maximum atomic E-state index is 12.0. The molecular weight excluding hydrogens is 258 g/mol. The second-order valence-electron chi connectivity index (χ2n) is 4.96. The summed E-state index contributed by atoms with van der Waals surface area (Å²) in [6, 6.07) is 4.99. The van der Waals surface area contributed by atoms with Crippen LogP contribution in [0, 0.1) is 0 Å². The largest absolute Gasteiger partial charge is 0.497 e. The number of amides is 2. The van der Waals surface area contributed by atoms with Gasteiger partial charge in [0.1, 0.15) is 11.8 Å². The Bertz CT molecular complexity index is 542. The third-order valence-corrected chi connectivity index (χ3v) is 3.42. The van der Waals surface area contributed by atoms with Crippen molar-refractivity contribution >= 4 is 23.2 Å². The molecule has 0 fully saturated rings. The normalized spacial score (nSPS) is 17.3. The van der Waals surface area contributed by atoms with E-state index in [1.54, 1.807) is 45.2 Å². The third kappa shape index (κ3) is 2.54. The third-order valence-electron chi connectivity index (χ3n) is 3.42. The molecule has 0 saturated heterocycles. The van der Waals surface area contributed by atoms with Crippen LogP contribution < -0.4 is 15.0 Å². The first-order chi connectivity index (χ1) is 9.43. The van der Waals surface area contributed by atoms with E-state index in [9.17, 15) is 9.59 Å². The van der Waals surface area contributed by atoms with Gasteiger partial charge in [-0.05, 0) is 19.1 Å². The van der Waals surface area contributed by atoms with Crippen molar-refractivity contribution in [1.29, 1.82) is 0 Å². The number of rotatable bonds is 3. The molecule has 1 aromatic carbocycles. The SMILES string of the molecule is COc1ccc2c(c1)N(CC(=O)N(C)C)C(C)C(=O)N2. The molecule has 108 valence electrons. The first-order valence-corrected chi connectivity index (χ1v) is 6.39. The van der Waals surface area contributed by atoms with Gasteiger partial charge in [0.2, 0.25) is 11.8 Å². The topological polar surface area (TPSA) is 61.9 Å². The Morgan fingerprint density at radius 3 is 2.75 bits per heavy atom. The zero-order valence-electron chi connectivity index (χ0n) is 12.1. The van der Waals surface area contributed by atoms with Gasteiger partial charge in [-0.25, -0.2) is 0 Å². The number of likely N-dealkylation sites (N-methyl/N-ethyl adjacent to an activating group) is 1. The van der Waals surface area contributed by atoms with Gasteiger partial charge in [-0.3, -0.25) is 9.59 Å². The molecule has 1 unspecified atom stereocenters. The minimum absolute atomic E-state index is 0.0553. The van der Waals surface area contributed by atoms with Gasteiger partial charge in [0.15, 0.2) is 0 Å². The van der Waals surface area contributed by atoms with Crippen LogP contribution in [0.25, 0.3) is 0 Å². The summed E-state index contributed by atoms with van der Waals surface area (Å²) in [4.78, 5) is 27.2. The standard InChI is InChI=1S/C14H19N3O3/c1-9-14(19)15-11-6-5-10(20-4)7-12(11)17(9)8-13(18)16(2)3/h5-7,9H,8H2,1-4H3,(H,15,19). The highest BCUT2D eigenvalue weighted by atomic mass is 16.5. The van der Waals surface area contributed by atoms with Crippen molar-refractivity contribution in [3.05, 3.63) is 18.2 Å². The van der Waals surface area contributed by atoms with Crippen molar-refractivity contribution in [2.75, 3.05) is 38.0 Å². The molecule has 1 aromatic rings. The van der Waals surface area contributed by atoms with Crippen LogP contribution in [0.3, 0.4) is 0 Å². The lowest BCUT2D eigenvalue weighted by molar-refractivity contribution is -0.127. The second kappa shape index (κ2) is 5.40. The minimum atomic E-state index is -0.404. The number of methoxy groups -OCH3 is 1. The average molecular weight is 277 g/mol. The summed E-state index contributed by atoms with van der Waals surface area (Å²) in [6.07, 6.45) is 0. The number of hydrogen-bond acceptors (Lipinski definition) is 4. The Kier molecular flexibility index (Phi) is 3.83. The van der Waals surface area contributed by atoms with Crippen LogP contribution in [0.2, 0.25) is 0 Å². The molecule has 6 heteroatoms. The lowest BCUT2D eigenvalue weighted by atomic mass is 10.1. The molecule has 2 amide bonds. The van der Waals surface area contributed by atoms with Gasteiger partial charge in [-0.15, -0.1) is 0 Å². The summed E-state index contributed by atoms with van der Waals surface area (Å²) in [7, 11) is 4.98. The number of carbonyl (C=O) groups is 2. The number of fused-ring (bicyclic) bond motifs is 1. The number of nitrogens with one attached hydrogen (secondary N) is 1. The van der Waals surface area contributed by atoms with E-state index >= 15 is 0 Å². The fourth-order valence-electron chi connectivity index (χ4n) is 2.08. The molecule has 0 bridgehead atoms. The predicted molar refractivity (Wildman–Crippen MR) is 77.1 cm³/mol. The van der Waals surface area contributed by atoms with Gasteiger partial charge in [-0.2, -0.15) is 0 Å². The highest BCUT2D eigenvalue weighted by molar-refractivity contribution is 6.04. The van der Waals surface area contributed by atoms with Gasteiger partial charge >= 0.3 is 0 Å². The van der Waals surface area contributed by atoms with Gasteiger partial charge in [0.05, 0.1) is 25.0 Å². The monoisotopic (exact) mass is 277 g/mol. The molecule has 1 N–H and O–H groups in total. The van der Waals surface area contributed by atoms with E-state index in [0.717, 1.165) is 5.69 Å². The molecule has 0 spiro atoms. The molecule has 1 aliphatic rings. The quantitative estimate of drug-likeness (QED) is 0.893. The van der Waals surface area contributed by atoms with E-state index in [4.69, 9.17) is 4.74 Å². The molecule has 0 radical (unpaired) electrons. The summed E-state index contributed by atoms with van der Waals surface area (Å²) in [5, 5.41) is 2.83. The second-order valence-corrected chi connectivity index (χ2v) is 4.96. The lowest BCUT2D eigenvalue weighted by Gasteiger charge is -2.36. The maximum absolute atomic E-state index is 12.0. The van der Waals surface area contributed by atoms with Gasteiger partial charge < -0.3 is 19.9 Å². The fraction of sp³-hybridized carbons (Fsp3) is 0.429. The van der Waals surface area contributed by atoms with E-state index in [1.807, 2.05) is 6.07 Å². The molecule has 6 nitrogen and oxygen atoms in total. The highest BCUT2D eigenvalue weighted by Crippen LogP contribution is 2.35. The van der Waals surface area contributed by atoms with Crippen molar-refractivity contribution in [1.82, 2.24) is 4.90 Å². The molecule has 0 aliphatic carbocycles. The van der Waals surface area contributed by atoms with Crippen molar-refractivity contribution in [2.24, 2.45) is 0 Å². The number of anilines is 2. The Hall–Kier alpha value is -2.24. The average Bonchev–Trinajstić information content (AvgIpc) is 2.43. The van der Waals surface area contributed by atoms with Crippen LogP contribution in [0.1, 0.15) is 6.92 Å². The van der Waals surface area contributed by atoms with Crippen LogP contribution in [0.4, 0.5) is 11.4 Å². The number of benzene rings is 1. The minimum Gasteiger partial charge on any atom is -0.497 e. The van der Waals surface area contributed by atoms with Crippen LogP contribution in [0.5, 0.6) is 5.75 Å². The van der Waals surface area contributed by atoms with E-state index < -0.39 is 6.04 Å². The first-order valence-electron chi connectivity index (χ1n) is 6.39. The molecule has 0 saturated carbocycles. The summed E-state index contributed by atoms with van der Waals surface area (Å²) >= 11 is 0.